The highest BCUT2D eigenvalue weighted by atomic mass is 35.5. The van der Waals surface area contributed by atoms with Crippen molar-refractivity contribution in [3.63, 3.8) is 0 Å². The van der Waals surface area contributed by atoms with Crippen LogP contribution in [0.5, 0.6) is 0 Å². The molecule has 0 saturated carbocycles. The van der Waals surface area contributed by atoms with E-state index in [1.54, 1.807) is 18.3 Å². The van der Waals surface area contributed by atoms with E-state index in [0.29, 0.717) is 10.6 Å². The largest absolute Gasteiger partial charge is 0.346 e. The fraction of sp³-hybridized carbons (Fsp3) is 0.125. The molecule has 0 aliphatic heterocycles. The summed E-state index contributed by atoms with van der Waals surface area (Å²) in [7, 11) is 0. The van der Waals surface area contributed by atoms with E-state index in [9.17, 15) is 4.79 Å². The quantitative estimate of drug-likeness (QED) is 0.805. The maximum absolute atomic E-state index is 12.3. The lowest BCUT2D eigenvalue weighted by Gasteiger charge is -2.14. The zero-order valence-corrected chi connectivity index (χ0v) is 12.2. The van der Waals surface area contributed by atoms with Gasteiger partial charge in [-0.1, -0.05) is 23.7 Å². The van der Waals surface area contributed by atoms with Crippen LogP contribution in [-0.4, -0.2) is 15.3 Å². The Morgan fingerprint density at radius 2 is 2.14 bits per heavy atom. The molecule has 1 aromatic carbocycles. The molecule has 1 N–H and O–H groups in total. The number of hydrogen-bond acceptors (Lipinski definition) is 2. The van der Waals surface area contributed by atoms with Gasteiger partial charge < -0.3 is 9.72 Å². The normalized spacial score (nSPS) is 12.3. The lowest BCUT2D eigenvalue weighted by molar-refractivity contribution is 0.0940. The van der Waals surface area contributed by atoms with Crippen molar-refractivity contribution < 1.29 is 4.79 Å². The van der Waals surface area contributed by atoms with Gasteiger partial charge in [-0.2, -0.15) is 0 Å². The number of rotatable bonds is 3. The van der Waals surface area contributed by atoms with Crippen molar-refractivity contribution in [1.82, 2.24) is 14.7 Å². The third kappa shape index (κ3) is 2.90. The minimum Gasteiger partial charge on any atom is -0.346 e. The molecular weight excluding hydrogens is 286 g/mol. The molecule has 0 unspecified atom stereocenters. The van der Waals surface area contributed by atoms with Gasteiger partial charge in [0.15, 0.2) is 0 Å². The van der Waals surface area contributed by atoms with Gasteiger partial charge >= 0.3 is 0 Å². The first-order valence-corrected chi connectivity index (χ1v) is 7.00. The molecule has 0 spiro atoms. The summed E-state index contributed by atoms with van der Waals surface area (Å²) in [5.41, 5.74) is 2.30. The van der Waals surface area contributed by atoms with E-state index in [2.05, 4.69) is 10.3 Å². The van der Waals surface area contributed by atoms with Crippen molar-refractivity contribution in [2.75, 3.05) is 0 Å². The fourth-order valence-electron chi connectivity index (χ4n) is 2.19. The first-order valence-electron chi connectivity index (χ1n) is 6.62. The zero-order valence-electron chi connectivity index (χ0n) is 11.5. The molecule has 0 radical (unpaired) electrons. The highest BCUT2D eigenvalue weighted by Gasteiger charge is 2.12. The summed E-state index contributed by atoms with van der Waals surface area (Å²) in [4.78, 5) is 16.5. The van der Waals surface area contributed by atoms with Crippen LogP contribution < -0.4 is 5.32 Å². The molecule has 21 heavy (non-hydrogen) atoms. The van der Waals surface area contributed by atoms with Crippen molar-refractivity contribution in [2.24, 2.45) is 0 Å². The number of carbonyl (C=O) groups is 1. The highest BCUT2D eigenvalue weighted by Crippen LogP contribution is 2.18. The SMILES string of the molecule is C[C@@H](NC(=O)c1ccn2ccnc2c1)c1cccc(Cl)c1. The molecule has 4 nitrogen and oxygen atoms in total. The summed E-state index contributed by atoms with van der Waals surface area (Å²) in [5.74, 6) is -0.132. The number of fused-ring (bicyclic) bond motifs is 1. The van der Waals surface area contributed by atoms with Crippen molar-refractivity contribution >= 4 is 23.2 Å². The second kappa shape index (κ2) is 5.58. The average molecular weight is 300 g/mol. The lowest BCUT2D eigenvalue weighted by Crippen LogP contribution is -2.26. The van der Waals surface area contributed by atoms with Crippen molar-refractivity contribution in [1.29, 1.82) is 0 Å². The van der Waals surface area contributed by atoms with Gasteiger partial charge in [0, 0.05) is 29.2 Å². The number of halogens is 1. The van der Waals surface area contributed by atoms with Gasteiger partial charge in [-0.15, -0.1) is 0 Å². The summed E-state index contributed by atoms with van der Waals surface area (Å²) in [5, 5.41) is 3.62. The Kier molecular flexibility index (Phi) is 3.62. The molecule has 1 atom stereocenters. The van der Waals surface area contributed by atoms with Crippen LogP contribution in [0.2, 0.25) is 5.02 Å². The Hall–Kier alpha value is -2.33. The number of nitrogens with zero attached hydrogens (tertiary/aromatic N) is 2. The average Bonchev–Trinajstić information content (AvgIpc) is 2.94. The Labute approximate surface area is 127 Å². The maximum Gasteiger partial charge on any atom is 0.251 e. The number of carbonyl (C=O) groups excluding carboxylic acids is 1. The topological polar surface area (TPSA) is 46.4 Å². The smallest absolute Gasteiger partial charge is 0.251 e. The standard InChI is InChI=1S/C16H14ClN3O/c1-11(12-3-2-4-14(17)9-12)19-16(21)13-5-7-20-8-6-18-15(20)10-13/h2-11H,1H3,(H,19,21)/t11-/m1/s1. The van der Waals surface area contributed by atoms with Crippen LogP contribution in [0.1, 0.15) is 28.9 Å². The predicted octanol–water partition coefficient (Wildman–Crippen LogP) is 3.48. The van der Waals surface area contributed by atoms with Crippen LogP contribution in [0, 0.1) is 0 Å². The Bertz CT molecular complexity index is 797. The number of hydrogen-bond donors (Lipinski definition) is 1. The second-order valence-corrected chi connectivity index (χ2v) is 5.29. The van der Waals surface area contributed by atoms with Crippen molar-refractivity contribution in [2.45, 2.75) is 13.0 Å². The molecule has 3 rings (SSSR count). The molecule has 0 saturated heterocycles. The van der Waals surface area contributed by atoms with Gasteiger partial charge in [0.2, 0.25) is 0 Å². The minimum atomic E-state index is -0.132. The number of nitrogens with one attached hydrogen (secondary N) is 1. The summed E-state index contributed by atoms with van der Waals surface area (Å²) < 4.78 is 1.86. The number of benzene rings is 1. The van der Waals surface area contributed by atoms with Gasteiger partial charge in [-0.25, -0.2) is 4.98 Å². The van der Waals surface area contributed by atoms with Gasteiger partial charge in [-0.3, -0.25) is 4.79 Å². The Morgan fingerprint density at radius 1 is 1.29 bits per heavy atom. The second-order valence-electron chi connectivity index (χ2n) is 4.86. The van der Waals surface area contributed by atoms with Crippen LogP contribution in [0.4, 0.5) is 0 Å². The fourth-order valence-corrected chi connectivity index (χ4v) is 2.39. The maximum atomic E-state index is 12.3. The number of aromatic nitrogens is 2. The van der Waals surface area contributed by atoms with Gasteiger partial charge in [0.05, 0.1) is 6.04 Å². The first-order chi connectivity index (χ1) is 10.1. The molecule has 2 aromatic heterocycles. The Balaban J connectivity index is 1.79. The van der Waals surface area contributed by atoms with E-state index >= 15 is 0 Å². The van der Waals surface area contributed by atoms with E-state index in [0.717, 1.165) is 11.2 Å². The number of pyridine rings is 1. The molecule has 106 valence electrons. The predicted molar refractivity (Wildman–Crippen MR) is 82.5 cm³/mol. The molecular formula is C16H14ClN3O. The number of amides is 1. The van der Waals surface area contributed by atoms with E-state index in [-0.39, 0.29) is 11.9 Å². The van der Waals surface area contributed by atoms with Crippen molar-refractivity contribution in [3.8, 4) is 0 Å². The van der Waals surface area contributed by atoms with Gasteiger partial charge in [0.25, 0.3) is 5.91 Å². The highest BCUT2D eigenvalue weighted by molar-refractivity contribution is 6.30. The molecule has 0 fully saturated rings. The van der Waals surface area contributed by atoms with Crippen LogP contribution in [-0.2, 0) is 0 Å². The van der Waals surface area contributed by atoms with E-state index in [1.165, 1.54) is 0 Å². The molecule has 2 heterocycles. The summed E-state index contributed by atoms with van der Waals surface area (Å²) in [6, 6.07) is 10.9. The van der Waals surface area contributed by atoms with Crippen LogP contribution in [0.3, 0.4) is 0 Å². The third-order valence-corrected chi connectivity index (χ3v) is 3.59. The molecule has 1 amide bonds. The summed E-state index contributed by atoms with van der Waals surface area (Å²) in [6.07, 6.45) is 5.36. The van der Waals surface area contributed by atoms with Gasteiger partial charge in [-0.05, 0) is 36.8 Å². The minimum absolute atomic E-state index is 0.118. The molecule has 0 bridgehead atoms. The molecule has 0 aliphatic rings. The summed E-state index contributed by atoms with van der Waals surface area (Å²) in [6.45, 7) is 1.93. The summed E-state index contributed by atoms with van der Waals surface area (Å²) >= 11 is 5.97. The lowest BCUT2D eigenvalue weighted by atomic mass is 10.1. The van der Waals surface area contributed by atoms with E-state index in [1.807, 2.05) is 48.0 Å². The molecule has 5 heteroatoms. The Morgan fingerprint density at radius 3 is 2.95 bits per heavy atom. The molecule has 3 aromatic rings. The monoisotopic (exact) mass is 299 g/mol. The van der Waals surface area contributed by atoms with Gasteiger partial charge in [0.1, 0.15) is 5.65 Å². The van der Waals surface area contributed by atoms with Crippen LogP contribution >= 0.6 is 11.6 Å². The first kappa shape index (κ1) is 13.6. The van der Waals surface area contributed by atoms with E-state index < -0.39 is 0 Å². The van der Waals surface area contributed by atoms with E-state index in [4.69, 9.17) is 11.6 Å². The molecule has 0 aliphatic carbocycles. The third-order valence-electron chi connectivity index (χ3n) is 3.36. The van der Waals surface area contributed by atoms with Crippen LogP contribution in [0.15, 0.2) is 55.0 Å². The van der Waals surface area contributed by atoms with Crippen molar-refractivity contribution in [3.05, 3.63) is 71.1 Å². The zero-order chi connectivity index (χ0) is 14.8. The van der Waals surface area contributed by atoms with Crippen LogP contribution in [0.25, 0.3) is 5.65 Å². The number of imidazole rings is 1.